The molecule has 1 aromatic carbocycles. The molecular formula is C20H21N5O2. The highest BCUT2D eigenvalue weighted by molar-refractivity contribution is 5.95. The SMILES string of the molecule is Cc1c(C(=O)N2[C@@H]3CC[C@@H]2Cn2c(nc4ccccc4c2=O)C3)cnn1C. The predicted molar refractivity (Wildman–Crippen MR) is 101 cm³/mol. The van der Waals surface area contributed by atoms with Crippen molar-refractivity contribution < 1.29 is 4.79 Å². The number of carbonyl (C=O) groups is 1. The van der Waals surface area contributed by atoms with E-state index in [1.807, 2.05) is 43.1 Å². The lowest BCUT2D eigenvalue weighted by atomic mass is 10.1. The van der Waals surface area contributed by atoms with E-state index in [-0.39, 0.29) is 23.6 Å². The molecule has 4 heterocycles. The standard InChI is InChI=1S/C20H21N5O2/c1-12-16(10-21-23(12)2)20(27)25-13-7-8-14(25)11-24-18(9-13)22-17-6-4-3-5-15(17)19(24)26/h3-6,10,13-14H,7-9,11H2,1-2H3/t13-,14-/m1/s1. The van der Waals surface area contributed by atoms with E-state index < -0.39 is 0 Å². The maximum absolute atomic E-state index is 13.3. The van der Waals surface area contributed by atoms with Gasteiger partial charge >= 0.3 is 0 Å². The Kier molecular flexibility index (Phi) is 3.47. The summed E-state index contributed by atoms with van der Waals surface area (Å²) in [6.45, 7) is 2.42. The topological polar surface area (TPSA) is 73.0 Å². The summed E-state index contributed by atoms with van der Waals surface area (Å²) in [6.07, 6.45) is 4.11. The summed E-state index contributed by atoms with van der Waals surface area (Å²) in [4.78, 5) is 33.0. The maximum atomic E-state index is 13.3. The van der Waals surface area contributed by atoms with Crippen LogP contribution >= 0.6 is 0 Å². The van der Waals surface area contributed by atoms with E-state index in [9.17, 15) is 9.59 Å². The second-order valence-electron chi connectivity index (χ2n) is 7.53. The molecule has 0 radical (unpaired) electrons. The van der Waals surface area contributed by atoms with Crippen molar-refractivity contribution >= 4 is 16.8 Å². The summed E-state index contributed by atoms with van der Waals surface area (Å²) >= 11 is 0. The Hall–Kier alpha value is -2.96. The average Bonchev–Trinajstić information content (AvgIpc) is 3.15. The number of aryl methyl sites for hydroxylation is 1. The number of hydrogen-bond acceptors (Lipinski definition) is 4. The van der Waals surface area contributed by atoms with Gasteiger partial charge in [0.25, 0.3) is 11.5 Å². The van der Waals surface area contributed by atoms with E-state index in [4.69, 9.17) is 4.98 Å². The third-order valence-electron chi connectivity index (χ3n) is 6.07. The summed E-state index contributed by atoms with van der Waals surface area (Å²) in [5.74, 6) is 0.796. The van der Waals surface area contributed by atoms with Gasteiger partial charge in [-0.25, -0.2) is 4.98 Å². The fourth-order valence-corrected chi connectivity index (χ4v) is 4.50. The first-order valence-corrected chi connectivity index (χ1v) is 9.34. The second-order valence-corrected chi connectivity index (χ2v) is 7.53. The van der Waals surface area contributed by atoms with Gasteiger partial charge in [-0.3, -0.25) is 18.8 Å². The molecule has 1 amide bonds. The molecule has 0 unspecified atom stereocenters. The monoisotopic (exact) mass is 363 g/mol. The summed E-state index contributed by atoms with van der Waals surface area (Å²) < 4.78 is 3.50. The molecule has 7 heteroatoms. The number of carbonyl (C=O) groups excluding carboxylic acids is 1. The molecule has 2 aromatic heterocycles. The van der Waals surface area contributed by atoms with Crippen molar-refractivity contribution in [2.45, 2.75) is 44.8 Å². The van der Waals surface area contributed by atoms with Crippen molar-refractivity contribution in [2.24, 2.45) is 7.05 Å². The van der Waals surface area contributed by atoms with E-state index in [1.165, 1.54) is 0 Å². The molecule has 3 aromatic rings. The van der Waals surface area contributed by atoms with Gasteiger partial charge in [-0.05, 0) is 31.9 Å². The van der Waals surface area contributed by atoms with Crippen LogP contribution in [0.3, 0.4) is 0 Å². The van der Waals surface area contributed by atoms with Crippen LogP contribution < -0.4 is 5.56 Å². The van der Waals surface area contributed by atoms with Crippen molar-refractivity contribution in [3.05, 3.63) is 57.9 Å². The van der Waals surface area contributed by atoms with Gasteiger partial charge in [-0.2, -0.15) is 5.10 Å². The van der Waals surface area contributed by atoms with Crippen LogP contribution in [0.15, 0.2) is 35.3 Å². The molecule has 1 saturated heterocycles. The average molecular weight is 363 g/mol. The fraction of sp³-hybridized carbons (Fsp3) is 0.400. The number of aromatic nitrogens is 4. The highest BCUT2D eigenvalue weighted by atomic mass is 16.2. The molecule has 2 atom stereocenters. The Morgan fingerprint density at radius 2 is 1.96 bits per heavy atom. The molecule has 0 aliphatic carbocycles. The normalized spacial score (nSPS) is 21.3. The van der Waals surface area contributed by atoms with Gasteiger partial charge in [0.2, 0.25) is 0 Å². The van der Waals surface area contributed by atoms with Crippen LogP contribution in [0.4, 0.5) is 0 Å². The first kappa shape index (κ1) is 16.2. The first-order valence-electron chi connectivity index (χ1n) is 9.34. The largest absolute Gasteiger partial charge is 0.330 e. The Morgan fingerprint density at radius 3 is 2.74 bits per heavy atom. The Morgan fingerprint density at radius 1 is 1.19 bits per heavy atom. The van der Waals surface area contributed by atoms with E-state index in [2.05, 4.69) is 5.10 Å². The molecule has 0 saturated carbocycles. The van der Waals surface area contributed by atoms with Crippen LogP contribution in [0.25, 0.3) is 10.9 Å². The predicted octanol–water partition coefficient (Wildman–Crippen LogP) is 1.67. The molecular weight excluding hydrogens is 342 g/mol. The Labute approximate surface area is 156 Å². The van der Waals surface area contributed by atoms with Crippen molar-refractivity contribution in [1.29, 1.82) is 0 Å². The van der Waals surface area contributed by atoms with E-state index in [1.54, 1.807) is 15.4 Å². The number of benzene rings is 1. The highest BCUT2D eigenvalue weighted by Crippen LogP contribution is 2.32. The third kappa shape index (κ3) is 2.34. The van der Waals surface area contributed by atoms with Gasteiger partial charge < -0.3 is 4.90 Å². The minimum absolute atomic E-state index is 0.00638. The van der Waals surface area contributed by atoms with Gasteiger partial charge in [-0.1, -0.05) is 12.1 Å². The van der Waals surface area contributed by atoms with Gasteiger partial charge in [0.05, 0.1) is 28.7 Å². The smallest absolute Gasteiger partial charge is 0.261 e. The molecule has 5 rings (SSSR count). The van der Waals surface area contributed by atoms with Crippen molar-refractivity contribution in [1.82, 2.24) is 24.2 Å². The van der Waals surface area contributed by atoms with Crippen LogP contribution in [-0.4, -0.2) is 42.2 Å². The van der Waals surface area contributed by atoms with Crippen molar-refractivity contribution in [2.75, 3.05) is 0 Å². The van der Waals surface area contributed by atoms with Gasteiger partial charge in [-0.15, -0.1) is 0 Å². The van der Waals surface area contributed by atoms with E-state index in [0.717, 1.165) is 29.9 Å². The zero-order valence-electron chi connectivity index (χ0n) is 15.4. The third-order valence-corrected chi connectivity index (χ3v) is 6.07. The minimum atomic E-state index is -0.00638. The van der Waals surface area contributed by atoms with Gasteiger partial charge in [0.15, 0.2) is 0 Å². The molecule has 0 spiro atoms. The molecule has 2 aliphatic heterocycles. The zero-order chi connectivity index (χ0) is 18.7. The molecule has 2 aliphatic rings. The lowest BCUT2D eigenvalue weighted by molar-refractivity contribution is 0.0665. The zero-order valence-corrected chi connectivity index (χ0v) is 15.4. The number of amides is 1. The summed E-state index contributed by atoms with van der Waals surface area (Å²) in [5.41, 5.74) is 2.23. The molecule has 7 nitrogen and oxygen atoms in total. The second kappa shape index (κ2) is 5.77. The van der Waals surface area contributed by atoms with Gasteiger partial charge in [0.1, 0.15) is 5.82 Å². The number of nitrogens with zero attached hydrogens (tertiary/aromatic N) is 5. The van der Waals surface area contributed by atoms with Crippen LogP contribution in [0.5, 0.6) is 0 Å². The minimum Gasteiger partial charge on any atom is -0.330 e. The lowest BCUT2D eigenvalue weighted by Gasteiger charge is -2.27. The number of hydrogen-bond donors (Lipinski definition) is 0. The Bertz CT molecular complexity index is 1130. The van der Waals surface area contributed by atoms with Crippen molar-refractivity contribution in [3.63, 3.8) is 0 Å². The Balaban J connectivity index is 1.59. The molecule has 138 valence electrons. The summed E-state index contributed by atoms with van der Waals surface area (Å²) in [7, 11) is 1.84. The van der Waals surface area contributed by atoms with Crippen molar-refractivity contribution in [3.8, 4) is 0 Å². The van der Waals surface area contributed by atoms with E-state index >= 15 is 0 Å². The van der Waals surface area contributed by atoms with Crippen LogP contribution in [-0.2, 0) is 20.0 Å². The lowest BCUT2D eigenvalue weighted by Crippen LogP contribution is -2.42. The quantitative estimate of drug-likeness (QED) is 0.659. The molecule has 2 bridgehead atoms. The first-order chi connectivity index (χ1) is 13.0. The molecule has 0 N–H and O–H groups in total. The maximum Gasteiger partial charge on any atom is 0.261 e. The van der Waals surface area contributed by atoms with Crippen LogP contribution in [0.2, 0.25) is 0 Å². The fourth-order valence-electron chi connectivity index (χ4n) is 4.50. The molecule has 1 fully saturated rings. The summed E-state index contributed by atoms with van der Waals surface area (Å²) in [6, 6.07) is 7.55. The highest BCUT2D eigenvalue weighted by Gasteiger charge is 2.41. The number of fused-ring (bicyclic) bond motifs is 4. The number of para-hydroxylation sites is 1. The van der Waals surface area contributed by atoms with Crippen LogP contribution in [0.1, 0.15) is 34.7 Å². The van der Waals surface area contributed by atoms with Crippen LogP contribution in [0, 0.1) is 6.92 Å². The van der Waals surface area contributed by atoms with Gasteiger partial charge in [0, 0.05) is 31.7 Å². The molecule has 27 heavy (non-hydrogen) atoms. The van der Waals surface area contributed by atoms with E-state index in [0.29, 0.717) is 23.9 Å². The summed E-state index contributed by atoms with van der Waals surface area (Å²) in [5, 5.41) is 4.86. The number of rotatable bonds is 1.